The largest absolute Gasteiger partial charge is 0.303 e. The SMILES string of the molecule is CN1CCN(Cc2ccccc2)CC(NS(=O)(=O)c2ccccc2)C1. The lowest BCUT2D eigenvalue weighted by atomic mass is 10.2. The molecule has 0 saturated carbocycles. The minimum Gasteiger partial charge on any atom is -0.303 e. The van der Waals surface area contributed by atoms with E-state index in [1.54, 1.807) is 24.3 Å². The molecule has 25 heavy (non-hydrogen) atoms. The van der Waals surface area contributed by atoms with E-state index in [0.717, 1.165) is 19.6 Å². The Hall–Kier alpha value is -1.73. The summed E-state index contributed by atoms with van der Waals surface area (Å²) in [5.41, 5.74) is 1.25. The molecule has 1 heterocycles. The molecule has 1 fully saturated rings. The Morgan fingerprint density at radius 1 is 0.960 bits per heavy atom. The fraction of sp³-hybridized carbons (Fsp3) is 0.368. The maximum absolute atomic E-state index is 12.6. The quantitative estimate of drug-likeness (QED) is 0.884. The van der Waals surface area contributed by atoms with Gasteiger partial charge in [0.2, 0.25) is 10.0 Å². The van der Waals surface area contributed by atoms with E-state index in [-0.39, 0.29) is 6.04 Å². The van der Waals surface area contributed by atoms with Crippen molar-refractivity contribution < 1.29 is 8.42 Å². The average molecular weight is 359 g/mol. The molecule has 1 aliphatic heterocycles. The second-order valence-corrected chi connectivity index (χ2v) is 8.33. The lowest BCUT2D eigenvalue weighted by Gasteiger charge is -2.24. The summed E-state index contributed by atoms with van der Waals surface area (Å²) < 4.78 is 28.2. The van der Waals surface area contributed by atoms with E-state index in [1.807, 2.05) is 31.3 Å². The van der Waals surface area contributed by atoms with Crippen LogP contribution in [0.2, 0.25) is 0 Å². The number of nitrogens with zero attached hydrogens (tertiary/aromatic N) is 2. The molecule has 1 saturated heterocycles. The zero-order valence-corrected chi connectivity index (χ0v) is 15.3. The average Bonchev–Trinajstić information content (AvgIpc) is 2.77. The third-order valence-corrected chi connectivity index (χ3v) is 5.97. The van der Waals surface area contributed by atoms with E-state index in [0.29, 0.717) is 18.0 Å². The predicted molar refractivity (Wildman–Crippen MR) is 99.8 cm³/mol. The summed E-state index contributed by atoms with van der Waals surface area (Å²) in [6.45, 7) is 4.09. The maximum atomic E-state index is 12.6. The van der Waals surface area contributed by atoms with E-state index in [2.05, 4.69) is 26.7 Å². The van der Waals surface area contributed by atoms with Crippen molar-refractivity contribution in [3.05, 3.63) is 66.2 Å². The number of rotatable bonds is 5. The smallest absolute Gasteiger partial charge is 0.240 e. The molecule has 5 nitrogen and oxygen atoms in total. The van der Waals surface area contributed by atoms with Gasteiger partial charge in [-0.3, -0.25) is 4.90 Å². The second kappa shape index (κ2) is 8.10. The molecule has 1 N–H and O–H groups in total. The Morgan fingerprint density at radius 3 is 2.28 bits per heavy atom. The van der Waals surface area contributed by atoms with Crippen LogP contribution in [-0.2, 0) is 16.6 Å². The number of hydrogen-bond donors (Lipinski definition) is 1. The first-order valence-electron chi connectivity index (χ1n) is 8.55. The van der Waals surface area contributed by atoms with E-state index >= 15 is 0 Å². The first kappa shape index (κ1) is 18.1. The Labute approximate surface area is 150 Å². The van der Waals surface area contributed by atoms with Crippen molar-refractivity contribution in [1.82, 2.24) is 14.5 Å². The summed E-state index contributed by atoms with van der Waals surface area (Å²) in [7, 11) is -1.46. The van der Waals surface area contributed by atoms with E-state index < -0.39 is 10.0 Å². The van der Waals surface area contributed by atoms with E-state index in [9.17, 15) is 8.42 Å². The van der Waals surface area contributed by atoms with Crippen molar-refractivity contribution in [3.63, 3.8) is 0 Å². The molecule has 0 aliphatic carbocycles. The van der Waals surface area contributed by atoms with E-state index in [1.165, 1.54) is 5.56 Å². The van der Waals surface area contributed by atoms with Crippen LogP contribution in [0.4, 0.5) is 0 Å². The summed E-state index contributed by atoms with van der Waals surface area (Å²) in [5, 5.41) is 0. The first-order valence-corrected chi connectivity index (χ1v) is 10.0. The number of benzene rings is 2. The molecule has 3 rings (SSSR count). The Morgan fingerprint density at radius 2 is 1.60 bits per heavy atom. The molecule has 1 aliphatic rings. The molecular formula is C19H25N3O2S. The number of likely N-dealkylation sites (N-methyl/N-ethyl adjacent to an activating group) is 1. The molecule has 134 valence electrons. The summed E-state index contributed by atoms with van der Waals surface area (Å²) >= 11 is 0. The standard InChI is InChI=1S/C19H25N3O2S/c1-21-12-13-22(14-17-8-4-2-5-9-17)16-18(15-21)20-25(23,24)19-10-6-3-7-11-19/h2-11,18,20H,12-16H2,1H3. The Bertz CT molecular complexity index is 766. The highest BCUT2D eigenvalue weighted by Gasteiger charge is 2.25. The second-order valence-electron chi connectivity index (χ2n) is 6.61. The van der Waals surface area contributed by atoms with Crippen LogP contribution in [0.25, 0.3) is 0 Å². The van der Waals surface area contributed by atoms with Crippen molar-refractivity contribution in [1.29, 1.82) is 0 Å². The van der Waals surface area contributed by atoms with Gasteiger partial charge in [-0.15, -0.1) is 0 Å². The third-order valence-electron chi connectivity index (χ3n) is 4.43. The summed E-state index contributed by atoms with van der Waals surface area (Å²) in [6.07, 6.45) is 0. The van der Waals surface area contributed by atoms with Crippen LogP contribution in [-0.4, -0.2) is 57.5 Å². The highest BCUT2D eigenvalue weighted by Crippen LogP contribution is 2.12. The lowest BCUT2D eigenvalue weighted by molar-refractivity contribution is 0.263. The van der Waals surface area contributed by atoms with Crippen molar-refractivity contribution in [3.8, 4) is 0 Å². The lowest BCUT2D eigenvalue weighted by Crippen LogP contribution is -2.46. The Kier molecular flexibility index (Phi) is 5.86. The van der Waals surface area contributed by atoms with Gasteiger partial charge in [0.1, 0.15) is 0 Å². The molecule has 1 unspecified atom stereocenters. The van der Waals surface area contributed by atoms with E-state index in [4.69, 9.17) is 0 Å². The minimum atomic E-state index is -3.50. The van der Waals surface area contributed by atoms with Gasteiger partial charge in [0.25, 0.3) is 0 Å². The molecule has 0 aromatic heterocycles. The van der Waals surface area contributed by atoms with Gasteiger partial charge >= 0.3 is 0 Å². The molecule has 0 amide bonds. The zero-order valence-electron chi connectivity index (χ0n) is 14.5. The number of sulfonamides is 1. The topological polar surface area (TPSA) is 52.6 Å². The minimum absolute atomic E-state index is 0.138. The first-order chi connectivity index (χ1) is 12.0. The number of hydrogen-bond acceptors (Lipinski definition) is 4. The van der Waals surface area contributed by atoms with Gasteiger partial charge in [-0.05, 0) is 24.7 Å². The normalized spacial score (nSPS) is 20.3. The predicted octanol–water partition coefficient (Wildman–Crippen LogP) is 1.78. The van der Waals surface area contributed by atoms with Crippen LogP contribution in [0.3, 0.4) is 0 Å². The van der Waals surface area contributed by atoms with Gasteiger partial charge in [0.15, 0.2) is 0 Å². The monoisotopic (exact) mass is 359 g/mol. The molecule has 0 radical (unpaired) electrons. The fourth-order valence-corrected chi connectivity index (χ4v) is 4.43. The maximum Gasteiger partial charge on any atom is 0.240 e. The van der Waals surface area contributed by atoms with Crippen LogP contribution >= 0.6 is 0 Å². The molecular weight excluding hydrogens is 334 g/mol. The molecule has 0 spiro atoms. The molecule has 6 heteroatoms. The molecule has 2 aromatic rings. The molecule has 0 bridgehead atoms. The summed E-state index contributed by atoms with van der Waals surface area (Å²) in [5.74, 6) is 0. The van der Waals surface area contributed by atoms with Gasteiger partial charge < -0.3 is 4.90 Å². The van der Waals surface area contributed by atoms with Crippen LogP contribution in [0.15, 0.2) is 65.6 Å². The van der Waals surface area contributed by atoms with Crippen LogP contribution in [0.5, 0.6) is 0 Å². The highest BCUT2D eigenvalue weighted by molar-refractivity contribution is 7.89. The Balaban J connectivity index is 1.71. The molecule has 1 atom stereocenters. The fourth-order valence-electron chi connectivity index (χ4n) is 3.19. The molecule has 2 aromatic carbocycles. The van der Waals surface area contributed by atoms with Gasteiger partial charge in [0, 0.05) is 38.8 Å². The van der Waals surface area contributed by atoms with Crippen LogP contribution in [0.1, 0.15) is 5.56 Å². The third kappa shape index (κ3) is 5.12. The van der Waals surface area contributed by atoms with Crippen molar-refractivity contribution in [2.75, 3.05) is 33.2 Å². The highest BCUT2D eigenvalue weighted by atomic mass is 32.2. The van der Waals surface area contributed by atoms with Gasteiger partial charge in [0.05, 0.1) is 4.90 Å². The van der Waals surface area contributed by atoms with Gasteiger partial charge in [-0.1, -0.05) is 48.5 Å². The van der Waals surface area contributed by atoms with Gasteiger partial charge in [-0.2, -0.15) is 0 Å². The number of nitrogens with one attached hydrogen (secondary N) is 1. The van der Waals surface area contributed by atoms with Crippen LogP contribution in [0, 0.1) is 0 Å². The van der Waals surface area contributed by atoms with Crippen molar-refractivity contribution in [2.24, 2.45) is 0 Å². The van der Waals surface area contributed by atoms with Crippen molar-refractivity contribution in [2.45, 2.75) is 17.5 Å². The van der Waals surface area contributed by atoms with Crippen molar-refractivity contribution >= 4 is 10.0 Å². The zero-order chi connectivity index (χ0) is 17.7. The summed E-state index contributed by atoms with van der Waals surface area (Å²) in [6, 6.07) is 18.7. The van der Waals surface area contributed by atoms with Gasteiger partial charge in [-0.25, -0.2) is 13.1 Å². The summed E-state index contributed by atoms with van der Waals surface area (Å²) in [4.78, 5) is 4.82. The van der Waals surface area contributed by atoms with Crippen LogP contribution < -0.4 is 4.72 Å².